The topological polar surface area (TPSA) is 25.8 Å². The van der Waals surface area contributed by atoms with Gasteiger partial charge in [-0.1, -0.05) is 6.07 Å². The third-order valence-electron chi connectivity index (χ3n) is 2.39. The van der Waals surface area contributed by atoms with Crippen molar-refractivity contribution in [2.75, 3.05) is 0 Å². The van der Waals surface area contributed by atoms with E-state index in [1.54, 1.807) is 12.4 Å². The lowest BCUT2D eigenvalue weighted by Gasteiger charge is -2.09. The molecule has 0 aromatic carbocycles. The molecule has 0 aliphatic rings. The number of aromatic nitrogens is 2. The fraction of sp³-hybridized carbons (Fsp3) is 0.167. The average molecular weight is 248 g/mol. The van der Waals surface area contributed by atoms with Gasteiger partial charge in [0.1, 0.15) is 0 Å². The maximum Gasteiger partial charge on any atom is 0.0929 e. The van der Waals surface area contributed by atoms with Crippen molar-refractivity contribution >= 4 is 25.3 Å². The zero-order valence-corrected chi connectivity index (χ0v) is 10.5. The molecule has 0 N–H and O–H groups in total. The van der Waals surface area contributed by atoms with Crippen molar-refractivity contribution in [2.24, 2.45) is 0 Å². The number of nitrogens with zero attached hydrogens (tertiary/aromatic N) is 2. The second kappa shape index (κ2) is 5.37. The fourth-order valence-electron chi connectivity index (χ4n) is 1.58. The average Bonchev–Trinajstić information content (AvgIpc) is 2.38. The standard InChI is InChI=1S/C12H12N2S2/c15-7-9-4-6-14-12(10(9)8-16)11-3-1-2-5-13-11/h1-6,15-16H,7-8H2. The second-order valence-electron chi connectivity index (χ2n) is 3.33. The van der Waals surface area contributed by atoms with Crippen LogP contribution < -0.4 is 0 Å². The van der Waals surface area contributed by atoms with E-state index in [1.165, 1.54) is 0 Å². The molecule has 2 heterocycles. The Labute approximate surface area is 106 Å². The molecule has 0 amide bonds. The molecule has 0 unspecified atom stereocenters. The lowest BCUT2D eigenvalue weighted by Crippen LogP contribution is -1.97. The minimum Gasteiger partial charge on any atom is -0.255 e. The maximum atomic E-state index is 4.38. The van der Waals surface area contributed by atoms with Gasteiger partial charge in [0.25, 0.3) is 0 Å². The zero-order chi connectivity index (χ0) is 11.4. The molecule has 0 saturated carbocycles. The van der Waals surface area contributed by atoms with E-state index < -0.39 is 0 Å². The van der Waals surface area contributed by atoms with Crippen LogP contribution in [0.3, 0.4) is 0 Å². The van der Waals surface area contributed by atoms with Crippen LogP contribution >= 0.6 is 25.3 Å². The minimum atomic E-state index is 0.648. The van der Waals surface area contributed by atoms with Gasteiger partial charge < -0.3 is 0 Å². The van der Waals surface area contributed by atoms with Gasteiger partial charge in [0.2, 0.25) is 0 Å². The van der Waals surface area contributed by atoms with E-state index in [0.29, 0.717) is 11.5 Å². The fourth-order valence-corrected chi connectivity index (χ4v) is 2.23. The van der Waals surface area contributed by atoms with Gasteiger partial charge in [-0.05, 0) is 29.3 Å². The van der Waals surface area contributed by atoms with Crippen molar-refractivity contribution in [1.82, 2.24) is 9.97 Å². The highest BCUT2D eigenvalue weighted by atomic mass is 32.1. The van der Waals surface area contributed by atoms with Crippen LogP contribution in [0, 0.1) is 0 Å². The van der Waals surface area contributed by atoms with E-state index in [0.717, 1.165) is 22.5 Å². The van der Waals surface area contributed by atoms with Crippen molar-refractivity contribution in [1.29, 1.82) is 0 Å². The van der Waals surface area contributed by atoms with Gasteiger partial charge in [0.15, 0.2) is 0 Å². The van der Waals surface area contributed by atoms with Crippen molar-refractivity contribution in [3.8, 4) is 11.4 Å². The highest BCUT2D eigenvalue weighted by Crippen LogP contribution is 2.24. The molecule has 0 spiro atoms. The Balaban J connectivity index is 2.57. The molecular weight excluding hydrogens is 236 g/mol. The summed E-state index contributed by atoms with van der Waals surface area (Å²) in [5, 5.41) is 0. The van der Waals surface area contributed by atoms with Crippen molar-refractivity contribution in [2.45, 2.75) is 11.5 Å². The first-order chi connectivity index (χ1) is 7.86. The van der Waals surface area contributed by atoms with Crippen LogP contribution in [-0.4, -0.2) is 9.97 Å². The lowest BCUT2D eigenvalue weighted by molar-refractivity contribution is 1.17. The molecule has 4 heteroatoms. The van der Waals surface area contributed by atoms with Gasteiger partial charge in [-0.15, -0.1) is 0 Å². The number of hydrogen-bond acceptors (Lipinski definition) is 4. The van der Waals surface area contributed by atoms with Crippen LogP contribution in [-0.2, 0) is 11.5 Å². The van der Waals surface area contributed by atoms with Crippen LogP contribution in [0.5, 0.6) is 0 Å². The zero-order valence-electron chi connectivity index (χ0n) is 8.67. The summed E-state index contributed by atoms with van der Waals surface area (Å²) in [5.41, 5.74) is 4.06. The van der Waals surface area contributed by atoms with E-state index >= 15 is 0 Å². The predicted octanol–water partition coefficient (Wildman–Crippen LogP) is 3.00. The molecule has 2 aromatic heterocycles. The van der Waals surface area contributed by atoms with Crippen LogP contribution in [0.2, 0.25) is 0 Å². The number of rotatable bonds is 3. The minimum absolute atomic E-state index is 0.648. The van der Waals surface area contributed by atoms with Gasteiger partial charge in [-0.2, -0.15) is 25.3 Å². The van der Waals surface area contributed by atoms with E-state index in [2.05, 4.69) is 35.2 Å². The van der Waals surface area contributed by atoms with E-state index in [4.69, 9.17) is 0 Å². The summed E-state index contributed by atoms with van der Waals surface area (Å²) in [5.74, 6) is 1.34. The first-order valence-corrected chi connectivity index (χ1v) is 6.23. The number of hydrogen-bond donors (Lipinski definition) is 2. The van der Waals surface area contributed by atoms with Crippen LogP contribution in [0.1, 0.15) is 11.1 Å². The quantitative estimate of drug-likeness (QED) is 0.817. The Hall–Kier alpha value is -1.00. The first kappa shape index (κ1) is 11.5. The number of thiol groups is 2. The third kappa shape index (κ3) is 2.23. The smallest absolute Gasteiger partial charge is 0.0929 e. The predicted molar refractivity (Wildman–Crippen MR) is 72.8 cm³/mol. The molecule has 0 aliphatic heterocycles. The summed E-state index contributed by atoms with van der Waals surface area (Å²) < 4.78 is 0. The van der Waals surface area contributed by atoms with Crippen LogP contribution in [0.25, 0.3) is 11.4 Å². The Bertz CT molecular complexity index is 472. The molecule has 2 aromatic rings. The molecule has 82 valence electrons. The molecule has 16 heavy (non-hydrogen) atoms. The van der Waals surface area contributed by atoms with E-state index in [9.17, 15) is 0 Å². The van der Waals surface area contributed by atoms with Gasteiger partial charge >= 0.3 is 0 Å². The molecule has 0 aliphatic carbocycles. The maximum absolute atomic E-state index is 4.38. The van der Waals surface area contributed by atoms with Gasteiger partial charge in [-0.3, -0.25) is 9.97 Å². The van der Waals surface area contributed by atoms with E-state index in [1.807, 2.05) is 24.3 Å². The summed E-state index contributed by atoms with van der Waals surface area (Å²) in [6, 6.07) is 7.79. The molecule has 0 atom stereocenters. The molecule has 0 saturated heterocycles. The summed E-state index contributed by atoms with van der Waals surface area (Å²) in [4.78, 5) is 8.69. The Morgan fingerprint density at radius 1 is 0.938 bits per heavy atom. The normalized spacial score (nSPS) is 10.4. The third-order valence-corrected chi connectivity index (χ3v) is 3.05. The highest BCUT2D eigenvalue weighted by molar-refractivity contribution is 7.79. The SMILES string of the molecule is SCc1ccnc(-c2ccccn2)c1CS. The summed E-state index contributed by atoms with van der Waals surface area (Å²) in [7, 11) is 0. The second-order valence-corrected chi connectivity index (χ2v) is 3.96. The molecule has 2 rings (SSSR count). The molecule has 2 nitrogen and oxygen atoms in total. The van der Waals surface area contributed by atoms with Crippen molar-refractivity contribution < 1.29 is 0 Å². The summed E-state index contributed by atoms with van der Waals surface area (Å²) in [6.07, 6.45) is 3.56. The van der Waals surface area contributed by atoms with Crippen LogP contribution in [0.15, 0.2) is 36.7 Å². The highest BCUT2D eigenvalue weighted by Gasteiger charge is 2.09. The summed E-state index contributed by atoms with van der Waals surface area (Å²) >= 11 is 8.66. The van der Waals surface area contributed by atoms with Gasteiger partial charge in [0, 0.05) is 23.9 Å². The monoisotopic (exact) mass is 248 g/mol. The largest absolute Gasteiger partial charge is 0.255 e. The summed E-state index contributed by atoms with van der Waals surface area (Å²) in [6.45, 7) is 0. The molecule has 0 radical (unpaired) electrons. The Kier molecular flexibility index (Phi) is 3.85. The molecule has 0 bridgehead atoms. The van der Waals surface area contributed by atoms with Crippen molar-refractivity contribution in [3.05, 3.63) is 47.8 Å². The molecule has 0 fully saturated rings. The Morgan fingerprint density at radius 3 is 2.44 bits per heavy atom. The number of pyridine rings is 2. The lowest BCUT2D eigenvalue weighted by atomic mass is 10.1. The van der Waals surface area contributed by atoms with Crippen molar-refractivity contribution in [3.63, 3.8) is 0 Å². The van der Waals surface area contributed by atoms with Gasteiger partial charge in [-0.25, -0.2) is 0 Å². The first-order valence-electron chi connectivity index (χ1n) is 4.96. The van der Waals surface area contributed by atoms with Gasteiger partial charge in [0.05, 0.1) is 11.4 Å². The molecular formula is C12H12N2S2. The van der Waals surface area contributed by atoms with Crippen LogP contribution in [0.4, 0.5) is 0 Å². The Morgan fingerprint density at radius 2 is 1.81 bits per heavy atom. The van der Waals surface area contributed by atoms with E-state index in [-0.39, 0.29) is 0 Å².